The Labute approximate surface area is 972 Å². The summed E-state index contributed by atoms with van der Waals surface area (Å²) in [5, 5.41) is 27.0. The van der Waals surface area contributed by atoms with Crippen molar-refractivity contribution in [2.24, 2.45) is 0 Å². The van der Waals surface area contributed by atoms with E-state index in [1.165, 1.54) is 177 Å². The number of rotatable bonds is 19. The maximum atomic E-state index is 11.6. The minimum atomic E-state index is -1.72. The van der Waals surface area contributed by atoms with Gasteiger partial charge in [-0.05, 0) is 366 Å². The minimum Gasteiger partial charge on any atom is -0.870 e. The van der Waals surface area contributed by atoms with Crippen molar-refractivity contribution in [3.8, 4) is 11.8 Å². The fourth-order valence-corrected chi connectivity index (χ4v) is 17.7. The molecular weight excluding hydrogens is 2170 g/mol. The molecule has 4 aliphatic carbocycles. The van der Waals surface area contributed by atoms with E-state index in [1.54, 1.807) is 63.1 Å². The first-order chi connectivity index (χ1) is 66.0. The first-order valence-corrected chi connectivity index (χ1v) is 58.6. The summed E-state index contributed by atoms with van der Waals surface area (Å²) in [5.41, 5.74) is 27.1. The van der Waals surface area contributed by atoms with Gasteiger partial charge in [-0.1, -0.05) is 186 Å². The number of ether oxygens (including phenoxy) is 5. The maximum absolute atomic E-state index is 11.6. The number of esters is 2. The zero-order chi connectivity index (χ0) is 110. The molecule has 0 spiro atoms. The Bertz CT molecular complexity index is 5460. The summed E-state index contributed by atoms with van der Waals surface area (Å²) in [4.78, 5) is 51.8. The van der Waals surface area contributed by atoms with Crippen LogP contribution in [0.2, 0.25) is 5.28 Å². The van der Waals surface area contributed by atoms with E-state index < -0.39 is 55.0 Å². The topological polar surface area (TPSA) is 327 Å². The Kier molecular flexibility index (Phi) is 62.0. The second-order valence-electron chi connectivity index (χ2n) is 45.1. The van der Waals surface area contributed by atoms with Gasteiger partial charge < -0.3 is 67.9 Å². The Balaban J connectivity index is 0. The number of nitrogens with zero attached hydrogens (tertiary/aromatic N) is 2. The van der Waals surface area contributed by atoms with Gasteiger partial charge in [0.1, 0.15) is 23.0 Å². The third kappa shape index (κ3) is 49.1. The number of anilines is 1. The van der Waals surface area contributed by atoms with Crippen molar-refractivity contribution in [2.45, 2.75) is 388 Å². The largest absolute Gasteiger partial charge is 1.00 e. The molecule has 834 valence electrons. The fraction of sp³-hybridized carbons (Fsp3) is 0.579. The second kappa shape index (κ2) is 63.2. The van der Waals surface area contributed by atoms with E-state index in [1.807, 2.05) is 39.8 Å². The molecule has 6 N–H and O–H groups in total. The number of alkyl halides is 3. The molecule has 0 bridgehead atoms. The van der Waals surface area contributed by atoms with Crippen molar-refractivity contribution in [3.05, 3.63) is 238 Å². The molecule has 0 atom stereocenters. The predicted octanol–water partition coefficient (Wildman–Crippen LogP) is 30.5. The van der Waals surface area contributed by atoms with Crippen LogP contribution in [0.1, 0.15) is 420 Å². The Morgan fingerprint density at radius 2 is 0.698 bits per heavy atom. The van der Waals surface area contributed by atoms with Gasteiger partial charge in [-0.2, -0.15) is 9.97 Å². The summed E-state index contributed by atoms with van der Waals surface area (Å²) in [7, 11) is 27.7. The first kappa shape index (κ1) is 146. The molecule has 1 saturated heterocycles. The van der Waals surface area contributed by atoms with Crippen molar-refractivity contribution >= 4 is 171 Å². The SMILES string of the molecule is C.C.C1CCOC1.CC(C)(Cl)CCC(C)(C)Cl.CC(C)(O)CCC(C)(C)O.COC(=O)c1ccc(CCl)o1.COC(=O)c1ccc(Cc2cc3c(cc2C)C(C)(C)CCC3(C)C)o1.COc1nc(Cl)nc(OC)c1N.Cc1cc2c(cc1Cc1ccc(C(=O)Cl)o1)C(C)(C)CCC2(C)C.Cc1cc2c(cc1Cc1ccc(C(=O)O)o1)C(C)(C)CCC2(C)C.Cc1ccc2c(c1)C(C)(C)CCC2(C)C.Cl.O=S(Cl)Cl.[Cl][Al]([Cl])[Cl].[Na+].[OH-]. The molecule has 0 radical (unpaired) electrons. The fourth-order valence-electron chi connectivity index (χ4n) is 17.1. The molecule has 4 aromatic carbocycles. The summed E-state index contributed by atoms with van der Waals surface area (Å²) < 4.78 is 54.5. The summed E-state index contributed by atoms with van der Waals surface area (Å²) in [6.45, 7) is 63.2. The molecule has 149 heavy (non-hydrogen) atoms. The molecule has 1 fully saturated rings. The molecule has 5 aromatic heterocycles. The number of hydrogen-bond donors (Lipinski definition) is 4. The number of methoxy groups -OCH3 is 4. The quantitative estimate of drug-likeness (QED) is 0.0192. The average molecular weight is 2340 g/mol. The number of hydrogen-bond acceptors (Lipinski definition) is 20. The van der Waals surface area contributed by atoms with Gasteiger partial charge in [0, 0.05) is 63.6 Å². The number of nitrogens with two attached hydrogens (primary N) is 1. The van der Waals surface area contributed by atoms with Gasteiger partial charge in [-0.3, -0.25) is 4.79 Å². The van der Waals surface area contributed by atoms with Crippen LogP contribution < -0.4 is 44.8 Å². The number of carbonyl (C=O) groups excluding carboxylic acids is 3. The molecule has 0 unspecified atom stereocenters. The Hall–Kier alpha value is -4.73. The number of aromatic carboxylic acids is 1. The van der Waals surface area contributed by atoms with Gasteiger partial charge in [0.15, 0.2) is 11.4 Å². The van der Waals surface area contributed by atoms with Crippen LogP contribution in [-0.4, -0.2) is 132 Å². The summed E-state index contributed by atoms with van der Waals surface area (Å²) >= 11 is 26.7. The van der Waals surface area contributed by atoms with Crippen molar-refractivity contribution < 1.29 is 115 Å². The monoisotopic (exact) mass is 2330 g/mol. The maximum Gasteiger partial charge on any atom is 1.00 e. The normalized spacial score (nSPS) is 15.7. The number of fused-ring (bicyclic) bond motifs is 4. The smallest absolute Gasteiger partial charge is 0.870 e. The van der Waals surface area contributed by atoms with E-state index in [-0.39, 0.29) is 156 Å². The first-order valence-electron chi connectivity index (χ1n) is 48.5. The van der Waals surface area contributed by atoms with Crippen LogP contribution in [0.15, 0.2) is 121 Å². The standard InChI is InChI=1S/C22H28O3.C21H25ClO2.C21H26O3.C15H22.C8H16Cl2.C8H18O2.C7H7ClO3.C6H8ClN3O2.C4H8O.2CH4.Al.Cl2OS.4ClH.Na.H2O/c1-14-11-17-18(22(4,5)10-9-21(17,2)3)13-15(14)12-16-7-8-19(25-16)20(23)24-6;2*1-13-10-16-17(21(4,5)9-8-20(16,2)3)12-14(13)11-15-6-7-18(24-15)19(22)23;1-11-6-7-12-13(10-11)15(4,5)9-8-14(12,2)3;2*1-7(2,9)5-6-8(3,4)10;1-10-7(9)6-3-2-5(4-8)11-6;1-11-4-3(8)5(12-2)10-6(7)9-4;1-2-4-5-3-1;;;;1-4(2)3;;;;;;/h7-8,11,13H,9-10,12H2,1-6H3;6-7,10,12H,8-9,11H2,1-5H3;6-7,10,12H,8-9,11H2,1-5H3,(H,22,23);6-7,10H,8-9H2,1-5H3;5-6H2,1-4H3;9-10H,5-6H2,1-4H3;2-3H,4H2,1H3;8H2,1-2H3;1-4H2;2*1H4;;;4*1H;;1H2/q;;;;;;;;;;;+3;;;;;;+1;/p-4. The second-order valence-corrected chi connectivity index (χ2v) is 57.1. The molecule has 0 saturated carbocycles. The molecule has 9 aromatic rings. The van der Waals surface area contributed by atoms with Gasteiger partial charge in [-0.15, -0.1) is 47.2 Å². The third-order valence-electron chi connectivity index (χ3n) is 26.7. The zero-order valence-corrected chi connectivity index (χ0v) is 105. The number of aliphatic hydroxyl groups is 2. The van der Waals surface area contributed by atoms with Crippen molar-refractivity contribution in [1.29, 1.82) is 0 Å². The number of benzene rings is 4. The number of aryl methyl sites for hydroxylation is 4. The molecular formula is C114H168AlCl11N3NaO18S. The number of furan rings is 4. The average Bonchev–Trinajstić information content (AvgIpc) is 1.52. The molecule has 35 heteroatoms. The Morgan fingerprint density at radius 3 is 0.933 bits per heavy atom. The van der Waals surface area contributed by atoms with Crippen molar-refractivity contribution in [3.63, 3.8) is 0 Å². The number of carbonyl (C=O) groups is 4. The number of halogens is 11. The molecule has 21 nitrogen and oxygen atoms in total. The molecule has 1 aliphatic heterocycles. The van der Waals surface area contributed by atoms with Crippen LogP contribution in [0.25, 0.3) is 0 Å². The van der Waals surface area contributed by atoms with E-state index in [9.17, 15) is 29.4 Å². The van der Waals surface area contributed by atoms with Gasteiger partial charge in [0.05, 0.1) is 45.5 Å². The Morgan fingerprint density at radius 1 is 0.443 bits per heavy atom. The molecule has 5 aliphatic rings. The van der Waals surface area contributed by atoms with Gasteiger partial charge in [-0.25, -0.2) is 48.7 Å². The van der Waals surface area contributed by atoms with Gasteiger partial charge in [0.2, 0.25) is 43.6 Å². The van der Waals surface area contributed by atoms with E-state index in [2.05, 4.69) is 229 Å². The van der Waals surface area contributed by atoms with Gasteiger partial charge in [0.25, 0.3) is 5.24 Å². The summed E-state index contributed by atoms with van der Waals surface area (Å²) in [6.07, 6.45) is 17.6. The number of carboxylic acid groups (broad SMARTS) is 1. The number of aromatic nitrogens is 2. The van der Waals surface area contributed by atoms with Crippen LogP contribution in [0.4, 0.5) is 5.69 Å². The summed E-state index contributed by atoms with van der Waals surface area (Å²) in [5.74, 6) is 2.23. The predicted molar refractivity (Wildman–Crippen MR) is 620 cm³/mol. The number of nitrogen functional groups attached to an aromatic ring is 1. The van der Waals surface area contributed by atoms with Crippen LogP contribution in [0.5, 0.6) is 11.8 Å². The van der Waals surface area contributed by atoms with E-state index in [4.69, 9.17) is 140 Å². The number of carboxylic acids is 1. The van der Waals surface area contributed by atoms with Crippen LogP contribution in [0, 0.1) is 27.7 Å². The van der Waals surface area contributed by atoms with Crippen LogP contribution in [0.3, 0.4) is 0 Å². The van der Waals surface area contributed by atoms with Crippen molar-refractivity contribution in [2.75, 3.05) is 47.4 Å². The molecule has 6 heterocycles. The van der Waals surface area contributed by atoms with Crippen molar-refractivity contribution in [1.82, 2.24) is 9.97 Å². The molecule has 0 amide bonds. The third-order valence-corrected chi connectivity index (χ3v) is 27.7. The van der Waals surface area contributed by atoms with Gasteiger partial charge >= 0.3 is 58.8 Å². The van der Waals surface area contributed by atoms with E-state index in [0.717, 1.165) is 37.6 Å². The van der Waals surface area contributed by atoms with E-state index in [0.29, 0.717) is 54.5 Å². The zero-order valence-electron chi connectivity index (χ0n) is 92.6. The van der Waals surface area contributed by atoms with Crippen LogP contribution in [-0.2, 0) is 91.9 Å². The van der Waals surface area contributed by atoms with Crippen LogP contribution >= 0.6 is 122 Å². The minimum absolute atomic E-state index is 0. The van der Waals surface area contributed by atoms with E-state index >= 15 is 0 Å². The molecule has 14 rings (SSSR count). The summed E-state index contributed by atoms with van der Waals surface area (Å²) in [6, 6.07) is 34.5.